The van der Waals surface area contributed by atoms with Crippen LogP contribution in [-0.4, -0.2) is 42.8 Å². The minimum atomic E-state index is -1.35. The van der Waals surface area contributed by atoms with E-state index in [0.717, 1.165) is 7.11 Å². The van der Waals surface area contributed by atoms with Crippen molar-refractivity contribution in [1.82, 2.24) is 5.32 Å². The van der Waals surface area contributed by atoms with Gasteiger partial charge in [0, 0.05) is 0 Å². The van der Waals surface area contributed by atoms with Gasteiger partial charge in [0.25, 0.3) is 0 Å². The first-order chi connectivity index (χ1) is 6.90. The SMILES string of the molecule is COC(=O)C(O)CNC(=O)[C@H](N)C(C)C. The fourth-order valence-corrected chi connectivity index (χ4v) is 0.837. The standard InChI is InChI=1S/C9H18N2O4/c1-5(2)7(10)8(13)11-4-6(12)9(14)15-3/h5-7,12H,4,10H2,1-3H3,(H,11,13)/t6?,7-/m1/s1. The van der Waals surface area contributed by atoms with Crippen LogP contribution in [0.15, 0.2) is 0 Å². The molecule has 0 aromatic rings. The van der Waals surface area contributed by atoms with E-state index in [-0.39, 0.29) is 12.5 Å². The highest BCUT2D eigenvalue weighted by molar-refractivity contribution is 5.82. The number of aliphatic hydroxyl groups is 1. The first kappa shape index (κ1) is 13.9. The second kappa shape index (κ2) is 6.36. The normalized spacial score (nSPS) is 14.5. The fraction of sp³-hybridized carbons (Fsp3) is 0.778. The molecule has 0 aliphatic heterocycles. The molecule has 6 heteroatoms. The van der Waals surface area contributed by atoms with E-state index in [1.807, 2.05) is 0 Å². The molecule has 0 spiro atoms. The van der Waals surface area contributed by atoms with Crippen LogP contribution in [0.5, 0.6) is 0 Å². The van der Waals surface area contributed by atoms with E-state index in [2.05, 4.69) is 10.1 Å². The molecule has 0 aromatic carbocycles. The summed E-state index contributed by atoms with van der Waals surface area (Å²) >= 11 is 0. The maximum absolute atomic E-state index is 11.3. The summed E-state index contributed by atoms with van der Waals surface area (Å²) < 4.78 is 4.28. The molecule has 0 aliphatic carbocycles. The van der Waals surface area contributed by atoms with Crippen LogP contribution >= 0.6 is 0 Å². The first-order valence-corrected chi connectivity index (χ1v) is 4.69. The second-order valence-electron chi connectivity index (χ2n) is 3.55. The Morgan fingerprint density at radius 3 is 2.40 bits per heavy atom. The lowest BCUT2D eigenvalue weighted by atomic mass is 10.1. The summed E-state index contributed by atoms with van der Waals surface area (Å²) in [5.74, 6) is -1.18. The number of amides is 1. The lowest BCUT2D eigenvalue weighted by Gasteiger charge is -2.16. The number of hydrogen-bond donors (Lipinski definition) is 3. The summed E-state index contributed by atoms with van der Waals surface area (Å²) in [4.78, 5) is 22.1. The number of hydrogen-bond acceptors (Lipinski definition) is 5. The molecule has 0 fully saturated rings. The predicted molar refractivity (Wildman–Crippen MR) is 53.8 cm³/mol. The third-order valence-corrected chi connectivity index (χ3v) is 1.96. The van der Waals surface area contributed by atoms with E-state index in [1.165, 1.54) is 0 Å². The average Bonchev–Trinajstić information content (AvgIpc) is 2.22. The Kier molecular flexibility index (Phi) is 5.88. The molecule has 88 valence electrons. The Labute approximate surface area is 88.8 Å². The smallest absolute Gasteiger partial charge is 0.336 e. The van der Waals surface area contributed by atoms with Crippen LogP contribution in [-0.2, 0) is 14.3 Å². The maximum atomic E-state index is 11.3. The third kappa shape index (κ3) is 4.75. The fourth-order valence-electron chi connectivity index (χ4n) is 0.837. The van der Waals surface area contributed by atoms with E-state index in [9.17, 15) is 9.59 Å². The van der Waals surface area contributed by atoms with Crippen LogP contribution in [0.4, 0.5) is 0 Å². The van der Waals surface area contributed by atoms with Crippen LogP contribution in [0.25, 0.3) is 0 Å². The molecule has 0 saturated carbocycles. The van der Waals surface area contributed by atoms with Crippen molar-refractivity contribution < 1.29 is 19.4 Å². The van der Waals surface area contributed by atoms with Crippen LogP contribution < -0.4 is 11.1 Å². The molecule has 0 radical (unpaired) electrons. The van der Waals surface area contributed by atoms with E-state index < -0.39 is 24.0 Å². The van der Waals surface area contributed by atoms with Crippen molar-refractivity contribution in [3.8, 4) is 0 Å². The number of esters is 1. The van der Waals surface area contributed by atoms with Crippen LogP contribution in [0.1, 0.15) is 13.8 Å². The number of aliphatic hydroxyl groups excluding tert-OH is 1. The molecule has 0 saturated heterocycles. The zero-order valence-corrected chi connectivity index (χ0v) is 9.19. The van der Waals surface area contributed by atoms with E-state index in [0.29, 0.717) is 0 Å². The van der Waals surface area contributed by atoms with Crippen LogP contribution in [0, 0.1) is 5.92 Å². The maximum Gasteiger partial charge on any atom is 0.336 e. The molecule has 2 atom stereocenters. The molecule has 0 bridgehead atoms. The Morgan fingerprint density at radius 1 is 1.47 bits per heavy atom. The molecule has 0 rings (SSSR count). The topological polar surface area (TPSA) is 102 Å². The van der Waals surface area contributed by atoms with Crippen LogP contribution in [0.2, 0.25) is 0 Å². The van der Waals surface area contributed by atoms with Crippen molar-refractivity contribution in [2.45, 2.75) is 26.0 Å². The minimum Gasteiger partial charge on any atom is -0.467 e. The zero-order valence-electron chi connectivity index (χ0n) is 9.19. The first-order valence-electron chi connectivity index (χ1n) is 4.69. The van der Waals surface area contributed by atoms with Gasteiger partial charge < -0.3 is 20.9 Å². The summed E-state index contributed by atoms with van der Waals surface area (Å²) in [7, 11) is 1.16. The second-order valence-corrected chi connectivity index (χ2v) is 3.55. The van der Waals surface area contributed by atoms with Gasteiger partial charge in [0.05, 0.1) is 19.7 Å². The number of carbonyl (C=O) groups is 2. The molecule has 1 unspecified atom stereocenters. The van der Waals surface area contributed by atoms with E-state index in [4.69, 9.17) is 10.8 Å². The average molecular weight is 218 g/mol. The van der Waals surface area contributed by atoms with Gasteiger partial charge in [-0.3, -0.25) is 4.79 Å². The van der Waals surface area contributed by atoms with Gasteiger partial charge in [-0.05, 0) is 5.92 Å². The molecule has 1 amide bonds. The molecular formula is C9H18N2O4. The van der Waals surface area contributed by atoms with Crippen molar-refractivity contribution >= 4 is 11.9 Å². The van der Waals surface area contributed by atoms with Gasteiger partial charge in [0.1, 0.15) is 0 Å². The summed E-state index contributed by atoms with van der Waals surface area (Å²) in [6.07, 6.45) is -1.35. The number of nitrogens with two attached hydrogens (primary N) is 1. The Morgan fingerprint density at radius 2 is 2.00 bits per heavy atom. The quantitative estimate of drug-likeness (QED) is 0.494. The number of ether oxygens (including phenoxy) is 1. The molecule has 0 aromatic heterocycles. The van der Waals surface area contributed by atoms with Crippen LogP contribution in [0.3, 0.4) is 0 Å². The summed E-state index contributed by atoms with van der Waals surface area (Å²) in [5.41, 5.74) is 5.54. The minimum absolute atomic E-state index is 0.000250. The van der Waals surface area contributed by atoms with Crippen molar-refractivity contribution in [1.29, 1.82) is 0 Å². The van der Waals surface area contributed by atoms with Gasteiger partial charge in [0.2, 0.25) is 5.91 Å². The summed E-state index contributed by atoms with van der Waals surface area (Å²) in [5, 5.41) is 11.5. The van der Waals surface area contributed by atoms with Gasteiger partial charge in [-0.25, -0.2) is 4.79 Å². The molecule has 0 heterocycles. The van der Waals surface area contributed by atoms with Gasteiger partial charge >= 0.3 is 5.97 Å². The predicted octanol–water partition coefficient (Wildman–Crippen LogP) is -1.38. The van der Waals surface area contributed by atoms with Gasteiger partial charge in [-0.2, -0.15) is 0 Å². The Hall–Kier alpha value is -1.14. The number of carbonyl (C=O) groups excluding carboxylic acids is 2. The van der Waals surface area contributed by atoms with Crippen molar-refractivity contribution in [3.05, 3.63) is 0 Å². The number of methoxy groups -OCH3 is 1. The van der Waals surface area contributed by atoms with Crippen molar-refractivity contribution in [2.24, 2.45) is 11.7 Å². The molecule has 6 nitrogen and oxygen atoms in total. The number of nitrogens with one attached hydrogen (secondary N) is 1. The third-order valence-electron chi connectivity index (χ3n) is 1.96. The van der Waals surface area contributed by atoms with E-state index >= 15 is 0 Å². The Balaban J connectivity index is 3.95. The monoisotopic (exact) mass is 218 g/mol. The van der Waals surface area contributed by atoms with Gasteiger partial charge in [-0.15, -0.1) is 0 Å². The summed E-state index contributed by atoms with van der Waals surface area (Å²) in [6, 6.07) is -0.644. The number of rotatable bonds is 5. The highest BCUT2D eigenvalue weighted by Gasteiger charge is 2.20. The largest absolute Gasteiger partial charge is 0.467 e. The van der Waals surface area contributed by atoms with Gasteiger partial charge in [-0.1, -0.05) is 13.8 Å². The van der Waals surface area contributed by atoms with Crippen molar-refractivity contribution in [3.63, 3.8) is 0 Å². The summed E-state index contributed by atoms with van der Waals surface area (Å²) in [6.45, 7) is 3.42. The highest BCUT2D eigenvalue weighted by atomic mass is 16.5. The lowest BCUT2D eigenvalue weighted by molar-refractivity contribution is -0.150. The molecule has 4 N–H and O–H groups in total. The zero-order chi connectivity index (χ0) is 12.0. The molecular weight excluding hydrogens is 200 g/mol. The molecule has 0 aliphatic rings. The van der Waals surface area contributed by atoms with Gasteiger partial charge in [0.15, 0.2) is 6.10 Å². The Bertz CT molecular complexity index is 230. The van der Waals surface area contributed by atoms with E-state index in [1.54, 1.807) is 13.8 Å². The van der Waals surface area contributed by atoms with Crippen molar-refractivity contribution in [2.75, 3.05) is 13.7 Å². The molecule has 15 heavy (non-hydrogen) atoms. The lowest BCUT2D eigenvalue weighted by Crippen LogP contribution is -2.47. The highest BCUT2D eigenvalue weighted by Crippen LogP contribution is 1.97.